The Kier molecular flexibility index (Phi) is 7.14. The van der Waals surface area contributed by atoms with Gasteiger partial charge >= 0.3 is 5.69 Å². The Bertz CT molecular complexity index is 1200. The maximum Gasteiger partial charge on any atom is 0.330 e. The summed E-state index contributed by atoms with van der Waals surface area (Å²) in [5.41, 5.74) is 8.16. The lowest BCUT2D eigenvalue weighted by atomic mass is 10.0. The summed E-state index contributed by atoms with van der Waals surface area (Å²) < 4.78 is 1.31. The maximum absolute atomic E-state index is 12.8. The van der Waals surface area contributed by atoms with E-state index in [4.69, 9.17) is 5.73 Å². The van der Waals surface area contributed by atoms with E-state index < -0.39 is 11.2 Å². The number of nitrogens with zero attached hydrogens (tertiary/aromatic N) is 2. The number of hydrogen-bond acceptors (Lipinski definition) is 5. The first-order chi connectivity index (χ1) is 15.3. The van der Waals surface area contributed by atoms with Gasteiger partial charge in [0, 0.05) is 6.54 Å². The lowest BCUT2D eigenvalue weighted by molar-refractivity contribution is -0.120. The van der Waals surface area contributed by atoms with Gasteiger partial charge in [-0.3, -0.25) is 19.1 Å². The molecule has 0 aliphatic heterocycles. The van der Waals surface area contributed by atoms with Crippen LogP contribution in [0.3, 0.4) is 0 Å². The third-order valence-electron chi connectivity index (χ3n) is 5.46. The average molecular weight is 436 g/mol. The number of rotatable bonds is 8. The van der Waals surface area contributed by atoms with Crippen molar-refractivity contribution in [1.82, 2.24) is 14.9 Å². The van der Waals surface area contributed by atoms with E-state index in [2.05, 4.69) is 10.3 Å². The Morgan fingerprint density at radius 1 is 1.12 bits per heavy atom. The largest absolute Gasteiger partial charge is 0.383 e. The van der Waals surface area contributed by atoms with Gasteiger partial charge in [0.05, 0.1) is 19.1 Å². The minimum Gasteiger partial charge on any atom is -0.383 e. The van der Waals surface area contributed by atoms with E-state index >= 15 is 0 Å². The van der Waals surface area contributed by atoms with Crippen molar-refractivity contribution in [2.75, 3.05) is 23.7 Å². The first-order valence-electron chi connectivity index (χ1n) is 10.6. The van der Waals surface area contributed by atoms with Gasteiger partial charge in [0.25, 0.3) is 5.56 Å². The maximum atomic E-state index is 12.8. The number of anilines is 2. The lowest BCUT2D eigenvalue weighted by Crippen LogP contribution is -2.43. The van der Waals surface area contributed by atoms with Crippen molar-refractivity contribution in [1.29, 1.82) is 0 Å². The van der Waals surface area contributed by atoms with Crippen molar-refractivity contribution in [2.45, 2.75) is 33.4 Å². The summed E-state index contributed by atoms with van der Waals surface area (Å²) in [6.45, 7) is 6.24. The van der Waals surface area contributed by atoms with Gasteiger partial charge in [-0.1, -0.05) is 54.6 Å². The van der Waals surface area contributed by atoms with Crippen molar-refractivity contribution in [3.05, 3.63) is 92.1 Å². The number of aromatic nitrogens is 2. The van der Waals surface area contributed by atoms with Crippen LogP contribution >= 0.6 is 0 Å². The van der Waals surface area contributed by atoms with Crippen molar-refractivity contribution >= 4 is 17.4 Å². The van der Waals surface area contributed by atoms with E-state index in [0.717, 1.165) is 16.7 Å². The lowest BCUT2D eigenvalue weighted by Gasteiger charge is -2.25. The third kappa shape index (κ3) is 5.08. The molecule has 4 N–H and O–H groups in total. The summed E-state index contributed by atoms with van der Waals surface area (Å²) in [6.07, 6.45) is 0. The zero-order chi connectivity index (χ0) is 23.3. The van der Waals surface area contributed by atoms with E-state index in [1.54, 1.807) is 4.90 Å². The van der Waals surface area contributed by atoms with Crippen LogP contribution in [0.2, 0.25) is 0 Å². The van der Waals surface area contributed by atoms with Gasteiger partial charge in [-0.15, -0.1) is 0 Å². The number of hydrogen-bond donors (Lipinski definition) is 3. The van der Waals surface area contributed by atoms with Crippen LogP contribution in [-0.4, -0.2) is 28.5 Å². The molecule has 0 saturated heterocycles. The summed E-state index contributed by atoms with van der Waals surface area (Å²) in [5.74, 6) is -0.216. The van der Waals surface area contributed by atoms with Crippen molar-refractivity contribution in [3.63, 3.8) is 0 Å². The van der Waals surface area contributed by atoms with Crippen molar-refractivity contribution in [2.24, 2.45) is 0 Å². The minimum absolute atomic E-state index is 0.0317. The second kappa shape index (κ2) is 10.00. The number of likely N-dealkylation sites (N-methyl/N-ethyl adjacent to an activating group) is 1. The van der Waals surface area contributed by atoms with Gasteiger partial charge < -0.3 is 16.0 Å². The Labute approximate surface area is 186 Å². The second-order valence-corrected chi connectivity index (χ2v) is 7.72. The first kappa shape index (κ1) is 22.9. The Balaban J connectivity index is 1.84. The number of aromatic amines is 1. The van der Waals surface area contributed by atoms with Crippen molar-refractivity contribution in [3.8, 4) is 0 Å². The number of carbonyl (C=O) groups is 1. The highest BCUT2D eigenvalue weighted by molar-refractivity contribution is 5.82. The molecule has 168 valence electrons. The van der Waals surface area contributed by atoms with Gasteiger partial charge in [0.15, 0.2) is 0 Å². The molecule has 1 heterocycles. The molecule has 0 spiro atoms. The van der Waals surface area contributed by atoms with Gasteiger partial charge in [-0.05, 0) is 37.5 Å². The number of aryl methyl sites for hydroxylation is 1. The van der Waals surface area contributed by atoms with E-state index in [9.17, 15) is 14.4 Å². The van der Waals surface area contributed by atoms with Gasteiger partial charge in [0.1, 0.15) is 11.5 Å². The number of carbonyl (C=O) groups excluding carboxylic acids is 1. The molecule has 2 aromatic carbocycles. The quantitative estimate of drug-likeness (QED) is 0.502. The fourth-order valence-electron chi connectivity index (χ4n) is 3.77. The minimum atomic E-state index is -0.613. The molecule has 0 fully saturated rings. The summed E-state index contributed by atoms with van der Waals surface area (Å²) in [4.78, 5) is 41.7. The molecule has 3 aromatic rings. The average Bonchev–Trinajstić information content (AvgIpc) is 2.76. The standard InChI is InChI=1S/C24H29N5O3/c1-4-28(15-20(30)26-17(3)19-13-9-8-10-16(19)2)21-22(25)29(24(32)27-23(21)31)14-18-11-6-5-7-12-18/h5-13,17H,4,14-15,25H2,1-3H3,(H,26,30)(H,27,31,32). The number of H-pyrrole nitrogens is 1. The zero-order valence-electron chi connectivity index (χ0n) is 18.6. The molecule has 0 aliphatic carbocycles. The van der Waals surface area contributed by atoms with E-state index in [1.165, 1.54) is 4.57 Å². The molecule has 1 aromatic heterocycles. The highest BCUT2D eigenvalue weighted by Crippen LogP contribution is 2.19. The molecule has 1 unspecified atom stereocenters. The molecular formula is C24H29N5O3. The van der Waals surface area contributed by atoms with E-state index in [0.29, 0.717) is 6.54 Å². The molecule has 0 radical (unpaired) electrons. The summed E-state index contributed by atoms with van der Waals surface area (Å²) in [6, 6.07) is 17.0. The van der Waals surface area contributed by atoms with Crippen LogP contribution in [0.5, 0.6) is 0 Å². The van der Waals surface area contributed by atoms with Crippen LogP contribution in [0.15, 0.2) is 64.2 Å². The molecule has 0 aliphatic rings. The molecular weight excluding hydrogens is 406 g/mol. The molecule has 32 heavy (non-hydrogen) atoms. The molecule has 3 rings (SSSR count). The summed E-state index contributed by atoms with van der Waals surface area (Å²) >= 11 is 0. The molecule has 0 saturated carbocycles. The molecule has 1 amide bonds. The monoisotopic (exact) mass is 435 g/mol. The molecule has 0 bridgehead atoms. The fraction of sp³-hybridized carbons (Fsp3) is 0.292. The fourth-order valence-corrected chi connectivity index (χ4v) is 3.77. The van der Waals surface area contributed by atoms with Gasteiger partial charge in [-0.25, -0.2) is 4.79 Å². The van der Waals surface area contributed by atoms with Crippen LogP contribution in [0.1, 0.15) is 36.6 Å². The van der Waals surface area contributed by atoms with Crippen molar-refractivity contribution < 1.29 is 4.79 Å². The van der Waals surface area contributed by atoms with E-state index in [1.807, 2.05) is 75.4 Å². The highest BCUT2D eigenvalue weighted by atomic mass is 16.2. The first-order valence-corrected chi connectivity index (χ1v) is 10.6. The van der Waals surface area contributed by atoms with Crippen LogP contribution in [0.25, 0.3) is 0 Å². The Morgan fingerprint density at radius 3 is 2.44 bits per heavy atom. The van der Waals surface area contributed by atoms with Crippen LogP contribution in [0, 0.1) is 6.92 Å². The number of nitrogen functional groups attached to an aromatic ring is 1. The third-order valence-corrected chi connectivity index (χ3v) is 5.46. The SMILES string of the molecule is CCN(CC(=O)NC(C)c1ccccc1C)c1c(N)n(Cc2ccccc2)c(=O)[nH]c1=O. The molecule has 8 heteroatoms. The number of benzene rings is 2. The number of nitrogens with one attached hydrogen (secondary N) is 2. The van der Waals surface area contributed by atoms with Gasteiger partial charge in [-0.2, -0.15) is 0 Å². The molecule has 1 atom stereocenters. The topological polar surface area (TPSA) is 113 Å². The molecule has 8 nitrogen and oxygen atoms in total. The predicted octanol–water partition coefficient (Wildman–Crippen LogP) is 2.18. The number of amides is 1. The smallest absolute Gasteiger partial charge is 0.330 e. The van der Waals surface area contributed by atoms with Gasteiger partial charge in [0.2, 0.25) is 5.91 Å². The van der Waals surface area contributed by atoms with Crippen LogP contribution < -0.4 is 27.2 Å². The zero-order valence-corrected chi connectivity index (χ0v) is 18.6. The highest BCUT2D eigenvalue weighted by Gasteiger charge is 2.21. The van der Waals surface area contributed by atoms with E-state index in [-0.39, 0.29) is 36.5 Å². The van der Waals surface area contributed by atoms with Crippen LogP contribution in [0.4, 0.5) is 11.5 Å². The number of nitrogens with two attached hydrogens (primary N) is 1. The predicted molar refractivity (Wildman–Crippen MR) is 127 cm³/mol. The Morgan fingerprint density at radius 2 is 1.78 bits per heavy atom. The second-order valence-electron chi connectivity index (χ2n) is 7.72. The van der Waals surface area contributed by atoms with Crippen LogP contribution in [-0.2, 0) is 11.3 Å². The Hall–Kier alpha value is -3.81. The normalized spacial score (nSPS) is 11.7. The summed E-state index contributed by atoms with van der Waals surface area (Å²) in [7, 11) is 0. The summed E-state index contributed by atoms with van der Waals surface area (Å²) in [5, 5.41) is 2.97.